The van der Waals surface area contributed by atoms with Crippen LogP contribution in [0.25, 0.3) is 0 Å². The summed E-state index contributed by atoms with van der Waals surface area (Å²) in [6, 6.07) is 5.37. The van der Waals surface area contributed by atoms with Crippen molar-refractivity contribution < 1.29 is 27.9 Å². The molecule has 0 saturated heterocycles. The molecule has 0 bridgehead atoms. The van der Waals surface area contributed by atoms with Gasteiger partial charge in [0.15, 0.2) is 24.0 Å². The zero-order chi connectivity index (χ0) is 18.4. The van der Waals surface area contributed by atoms with Gasteiger partial charge in [-0.3, -0.25) is 19.4 Å². The number of Topliss-reactive ketones (excluding diaryl/α,β-unsaturated/α-hetero) is 1. The van der Waals surface area contributed by atoms with Gasteiger partial charge in [0.25, 0.3) is 5.91 Å². The molecule has 1 heterocycles. The number of hydrogen-bond donors (Lipinski definition) is 1. The third kappa shape index (κ3) is 5.32. The molecule has 0 radical (unpaired) electrons. The van der Waals surface area contributed by atoms with Crippen LogP contribution in [0.2, 0.25) is 5.02 Å². The molecule has 0 fully saturated rings. The number of nitrogens with zero attached hydrogens (tertiary/aromatic N) is 1. The zero-order valence-electron chi connectivity index (χ0n) is 12.6. The second kappa shape index (κ2) is 8.29. The van der Waals surface area contributed by atoms with Gasteiger partial charge in [-0.25, -0.2) is 8.78 Å². The number of amides is 1. The Kier molecular flexibility index (Phi) is 6.13. The maximum Gasteiger partial charge on any atom is 0.325 e. The van der Waals surface area contributed by atoms with E-state index >= 15 is 0 Å². The van der Waals surface area contributed by atoms with E-state index in [1.54, 1.807) is 0 Å². The second-order valence-electron chi connectivity index (χ2n) is 4.75. The molecule has 1 aromatic heterocycles. The van der Waals surface area contributed by atoms with Crippen LogP contribution in [0.1, 0.15) is 20.8 Å². The molecule has 9 heteroatoms. The number of rotatable bonds is 6. The first-order valence-electron chi connectivity index (χ1n) is 6.90. The summed E-state index contributed by atoms with van der Waals surface area (Å²) in [5, 5.41) is 2.56. The summed E-state index contributed by atoms with van der Waals surface area (Å²) in [5.41, 5.74) is -0.128. The molecular weight excluding hydrogens is 358 g/mol. The summed E-state index contributed by atoms with van der Waals surface area (Å²) in [7, 11) is 0. The lowest BCUT2D eigenvalue weighted by Crippen LogP contribution is -2.32. The third-order valence-corrected chi connectivity index (χ3v) is 3.19. The van der Waals surface area contributed by atoms with Crippen LogP contribution >= 0.6 is 11.6 Å². The second-order valence-corrected chi connectivity index (χ2v) is 5.19. The van der Waals surface area contributed by atoms with Gasteiger partial charge in [0.1, 0.15) is 12.2 Å². The Hall–Kier alpha value is -2.87. The number of aromatic nitrogens is 1. The van der Waals surface area contributed by atoms with Gasteiger partial charge in [-0.1, -0.05) is 11.6 Å². The topological polar surface area (TPSA) is 85.4 Å². The number of carbonyl (C=O) groups is 3. The Labute approximate surface area is 145 Å². The number of nitrogens with one attached hydrogen (secondary N) is 1. The van der Waals surface area contributed by atoms with E-state index in [0.29, 0.717) is 11.1 Å². The summed E-state index contributed by atoms with van der Waals surface area (Å²) in [4.78, 5) is 38.8. The van der Waals surface area contributed by atoms with Crippen LogP contribution in [0.15, 0.2) is 36.5 Å². The molecule has 2 aromatic rings. The van der Waals surface area contributed by atoms with Crippen molar-refractivity contribution in [2.75, 3.05) is 13.2 Å². The first kappa shape index (κ1) is 18.5. The van der Waals surface area contributed by atoms with Crippen molar-refractivity contribution >= 4 is 29.3 Å². The van der Waals surface area contributed by atoms with Gasteiger partial charge in [0.2, 0.25) is 0 Å². The van der Waals surface area contributed by atoms with Crippen molar-refractivity contribution in [3.63, 3.8) is 0 Å². The van der Waals surface area contributed by atoms with Gasteiger partial charge in [-0.15, -0.1) is 0 Å². The Bertz CT molecular complexity index is 830. The van der Waals surface area contributed by atoms with Gasteiger partial charge < -0.3 is 10.1 Å². The minimum absolute atomic E-state index is 0.0122. The fraction of sp³-hybridized carbons (Fsp3) is 0.125. The predicted molar refractivity (Wildman–Crippen MR) is 83.2 cm³/mol. The quantitative estimate of drug-likeness (QED) is 0.624. The number of pyridine rings is 1. The molecule has 0 atom stereocenters. The number of benzene rings is 1. The van der Waals surface area contributed by atoms with Gasteiger partial charge in [0, 0.05) is 16.8 Å². The molecule has 25 heavy (non-hydrogen) atoms. The number of halogens is 3. The Morgan fingerprint density at radius 2 is 1.88 bits per heavy atom. The van der Waals surface area contributed by atoms with E-state index < -0.39 is 42.4 Å². The van der Waals surface area contributed by atoms with Crippen molar-refractivity contribution in [3.8, 4) is 0 Å². The standard InChI is InChI=1S/C16H11ClF2N2O4/c17-10-3-4-20-13(6-10)16(24)21-7-15(23)25-8-14(22)9-1-2-11(18)12(19)5-9/h1-6H,7-8H2,(H,21,24). The van der Waals surface area contributed by atoms with E-state index in [-0.39, 0.29) is 11.3 Å². The number of ketones is 1. The SMILES string of the molecule is O=C(CNC(=O)c1cc(Cl)ccn1)OCC(=O)c1ccc(F)c(F)c1. The molecule has 0 unspecified atom stereocenters. The summed E-state index contributed by atoms with van der Waals surface area (Å²) >= 11 is 5.72. The average Bonchev–Trinajstić information content (AvgIpc) is 2.59. The van der Waals surface area contributed by atoms with E-state index in [1.807, 2.05) is 0 Å². The summed E-state index contributed by atoms with van der Waals surface area (Å²) < 4.78 is 30.5. The highest BCUT2D eigenvalue weighted by Gasteiger charge is 2.14. The predicted octanol–water partition coefficient (Wildman–Crippen LogP) is 2.17. The van der Waals surface area contributed by atoms with E-state index in [4.69, 9.17) is 11.6 Å². The zero-order valence-corrected chi connectivity index (χ0v) is 13.3. The van der Waals surface area contributed by atoms with Crippen LogP contribution in [0.4, 0.5) is 8.78 Å². The fourth-order valence-electron chi connectivity index (χ4n) is 1.72. The Morgan fingerprint density at radius 3 is 2.56 bits per heavy atom. The monoisotopic (exact) mass is 368 g/mol. The van der Waals surface area contributed by atoms with Gasteiger partial charge in [0.05, 0.1) is 0 Å². The van der Waals surface area contributed by atoms with Crippen LogP contribution in [0, 0.1) is 11.6 Å². The van der Waals surface area contributed by atoms with Crippen LogP contribution in [0.5, 0.6) is 0 Å². The highest BCUT2D eigenvalue weighted by Crippen LogP contribution is 2.10. The highest BCUT2D eigenvalue weighted by atomic mass is 35.5. The fourth-order valence-corrected chi connectivity index (χ4v) is 1.88. The normalized spacial score (nSPS) is 10.2. The van der Waals surface area contributed by atoms with Gasteiger partial charge in [-0.2, -0.15) is 0 Å². The van der Waals surface area contributed by atoms with Crippen molar-refractivity contribution in [2.45, 2.75) is 0 Å². The lowest BCUT2D eigenvalue weighted by atomic mass is 10.1. The first-order chi connectivity index (χ1) is 11.9. The van der Waals surface area contributed by atoms with Crippen molar-refractivity contribution in [2.24, 2.45) is 0 Å². The third-order valence-electron chi connectivity index (χ3n) is 2.95. The van der Waals surface area contributed by atoms with E-state index in [0.717, 1.165) is 12.1 Å². The van der Waals surface area contributed by atoms with Crippen molar-refractivity contribution in [1.29, 1.82) is 0 Å². The lowest BCUT2D eigenvalue weighted by molar-refractivity contribution is -0.141. The molecule has 0 aliphatic carbocycles. The number of ether oxygens (including phenoxy) is 1. The first-order valence-corrected chi connectivity index (χ1v) is 7.28. The summed E-state index contributed by atoms with van der Waals surface area (Å²) in [6.45, 7) is -1.17. The molecule has 0 saturated carbocycles. The molecule has 0 aliphatic rings. The van der Waals surface area contributed by atoms with Crippen molar-refractivity contribution in [1.82, 2.24) is 10.3 Å². The van der Waals surface area contributed by atoms with Gasteiger partial charge in [-0.05, 0) is 30.3 Å². The molecule has 6 nitrogen and oxygen atoms in total. The maximum atomic E-state index is 13.0. The van der Waals surface area contributed by atoms with E-state index in [9.17, 15) is 23.2 Å². The van der Waals surface area contributed by atoms with Crippen LogP contribution in [-0.4, -0.2) is 35.8 Å². The van der Waals surface area contributed by atoms with Crippen LogP contribution in [0.3, 0.4) is 0 Å². The summed E-state index contributed by atoms with van der Waals surface area (Å²) in [5.74, 6) is -4.52. The van der Waals surface area contributed by atoms with Crippen molar-refractivity contribution in [3.05, 3.63) is 64.4 Å². The minimum Gasteiger partial charge on any atom is -0.456 e. The lowest BCUT2D eigenvalue weighted by Gasteiger charge is -2.06. The minimum atomic E-state index is -1.18. The number of carbonyl (C=O) groups excluding carboxylic acids is 3. The molecule has 2 rings (SSSR count). The molecule has 0 spiro atoms. The van der Waals surface area contributed by atoms with E-state index in [2.05, 4.69) is 15.0 Å². The Balaban J connectivity index is 1.81. The molecule has 1 amide bonds. The smallest absolute Gasteiger partial charge is 0.325 e. The van der Waals surface area contributed by atoms with E-state index in [1.165, 1.54) is 18.3 Å². The molecular formula is C16H11ClF2N2O4. The molecule has 1 N–H and O–H groups in total. The molecule has 1 aromatic carbocycles. The average molecular weight is 369 g/mol. The molecule has 0 aliphatic heterocycles. The molecule has 130 valence electrons. The van der Waals surface area contributed by atoms with Gasteiger partial charge >= 0.3 is 5.97 Å². The Morgan fingerprint density at radius 1 is 1.12 bits per heavy atom. The summed E-state index contributed by atoms with van der Waals surface area (Å²) in [6.07, 6.45) is 1.33. The van der Waals surface area contributed by atoms with Crippen LogP contribution in [-0.2, 0) is 9.53 Å². The highest BCUT2D eigenvalue weighted by molar-refractivity contribution is 6.30. The van der Waals surface area contributed by atoms with Crippen LogP contribution < -0.4 is 5.32 Å². The number of esters is 1. The largest absolute Gasteiger partial charge is 0.456 e. The maximum absolute atomic E-state index is 13.0. The number of hydrogen-bond acceptors (Lipinski definition) is 5.